The summed E-state index contributed by atoms with van der Waals surface area (Å²) >= 11 is 12.4. The van der Waals surface area contributed by atoms with Crippen molar-refractivity contribution < 1.29 is 19.4 Å². The Bertz CT molecular complexity index is 1240. The van der Waals surface area contributed by atoms with Gasteiger partial charge in [-0.1, -0.05) is 36.2 Å². The number of aromatic nitrogens is 2. The molecule has 1 N–H and O–H groups in total. The maximum absolute atomic E-state index is 13.2. The fourth-order valence-corrected chi connectivity index (χ4v) is 4.37. The third-order valence-corrected chi connectivity index (χ3v) is 6.51. The summed E-state index contributed by atoms with van der Waals surface area (Å²) in [6, 6.07) is 10.9. The van der Waals surface area contributed by atoms with Gasteiger partial charge in [0.25, 0.3) is 11.7 Å². The monoisotopic (exact) mass is 513 g/mol. The lowest BCUT2D eigenvalue weighted by atomic mass is 9.95. The number of hydrogen-bond acceptors (Lipinski definition) is 5. The van der Waals surface area contributed by atoms with Gasteiger partial charge in [-0.2, -0.15) is 0 Å². The molecule has 4 rings (SSSR count). The second-order valence-electron chi connectivity index (χ2n) is 8.19. The van der Waals surface area contributed by atoms with E-state index in [1.807, 2.05) is 17.7 Å². The fraction of sp³-hybridized carbons (Fsp3) is 0.269. The van der Waals surface area contributed by atoms with Gasteiger partial charge in [0.2, 0.25) is 0 Å². The summed E-state index contributed by atoms with van der Waals surface area (Å²) in [5, 5.41) is 11.8. The average Bonchev–Trinajstić information content (AvgIpc) is 3.47. The predicted molar refractivity (Wildman–Crippen MR) is 135 cm³/mol. The highest BCUT2D eigenvalue weighted by Gasteiger charge is 2.45. The smallest absolute Gasteiger partial charge is 0.295 e. The zero-order valence-corrected chi connectivity index (χ0v) is 20.7. The Morgan fingerprint density at radius 1 is 1.09 bits per heavy atom. The predicted octanol–water partition coefficient (Wildman–Crippen LogP) is 5.49. The van der Waals surface area contributed by atoms with Crippen molar-refractivity contribution >= 4 is 40.7 Å². The van der Waals surface area contributed by atoms with Gasteiger partial charge in [-0.05, 0) is 54.8 Å². The minimum absolute atomic E-state index is 0.0123. The molecule has 1 aliphatic rings. The maximum atomic E-state index is 13.2. The topological polar surface area (TPSA) is 84.7 Å². The minimum atomic E-state index is -0.802. The second-order valence-corrected chi connectivity index (χ2v) is 9.01. The molecule has 1 atom stereocenters. The molecule has 7 nitrogen and oxygen atoms in total. The number of Topliss-reactive ketones (excluding diaryl/α,β-unsaturated/α-hetero) is 1. The van der Waals surface area contributed by atoms with Crippen LogP contribution in [0.25, 0.3) is 5.76 Å². The zero-order chi connectivity index (χ0) is 24.9. The summed E-state index contributed by atoms with van der Waals surface area (Å²) in [7, 11) is 0. The molecule has 0 aliphatic carbocycles. The number of aliphatic hydroxyl groups excluding tert-OH is 1. The van der Waals surface area contributed by atoms with Crippen LogP contribution in [0, 0.1) is 0 Å². The van der Waals surface area contributed by atoms with E-state index in [0.29, 0.717) is 53.0 Å². The number of carbonyl (C=O) groups excluding carboxylic acids is 2. The third kappa shape index (κ3) is 5.36. The van der Waals surface area contributed by atoms with Crippen molar-refractivity contribution in [3.63, 3.8) is 0 Å². The number of imidazole rings is 1. The Kier molecular flexibility index (Phi) is 7.78. The Morgan fingerprint density at radius 2 is 1.86 bits per heavy atom. The second kappa shape index (κ2) is 11.0. The number of likely N-dealkylation sites (tertiary alicyclic amines) is 1. The van der Waals surface area contributed by atoms with Gasteiger partial charge in [0.1, 0.15) is 11.5 Å². The number of hydrogen-bond donors (Lipinski definition) is 1. The van der Waals surface area contributed by atoms with Crippen LogP contribution < -0.4 is 4.74 Å². The lowest BCUT2D eigenvalue weighted by Crippen LogP contribution is -2.31. The van der Waals surface area contributed by atoms with Crippen LogP contribution >= 0.6 is 23.2 Å². The van der Waals surface area contributed by atoms with Gasteiger partial charge in [0.05, 0.1) is 34.6 Å². The number of aryl methyl sites for hydroxylation is 1. The minimum Gasteiger partial charge on any atom is -0.507 e. The molecule has 1 fully saturated rings. The maximum Gasteiger partial charge on any atom is 0.295 e. The molecule has 0 bridgehead atoms. The number of ether oxygens (including phenoxy) is 1. The normalized spacial score (nSPS) is 17.2. The van der Waals surface area contributed by atoms with E-state index in [2.05, 4.69) is 4.98 Å². The molecule has 0 radical (unpaired) electrons. The number of rotatable bonds is 9. The largest absolute Gasteiger partial charge is 0.507 e. The summed E-state index contributed by atoms with van der Waals surface area (Å²) in [6.07, 6.45) is 6.66. The van der Waals surface area contributed by atoms with Crippen molar-refractivity contribution in [3.05, 3.63) is 87.9 Å². The van der Waals surface area contributed by atoms with Gasteiger partial charge in [-0.15, -0.1) is 0 Å². The van der Waals surface area contributed by atoms with Crippen LogP contribution in [0.15, 0.2) is 66.8 Å². The number of carbonyl (C=O) groups is 2. The van der Waals surface area contributed by atoms with Crippen LogP contribution in [-0.4, -0.2) is 44.4 Å². The van der Waals surface area contributed by atoms with Gasteiger partial charge in [0.15, 0.2) is 0 Å². The van der Waals surface area contributed by atoms with Crippen molar-refractivity contribution in [2.45, 2.75) is 32.4 Å². The van der Waals surface area contributed by atoms with E-state index in [-0.39, 0.29) is 11.3 Å². The number of benzene rings is 2. The van der Waals surface area contributed by atoms with E-state index in [1.54, 1.807) is 55.0 Å². The SMILES string of the molecule is CCCOc1ccc(/C(O)=C2\C(=O)C(=O)N(CCCn3ccnc3)[C@@H]2c2ccc(Cl)c(Cl)c2)cc1. The molecule has 2 heterocycles. The molecular weight excluding hydrogens is 489 g/mol. The van der Waals surface area contributed by atoms with Crippen LogP contribution in [0.3, 0.4) is 0 Å². The van der Waals surface area contributed by atoms with Crippen molar-refractivity contribution in [1.82, 2.24) is 14.5 Å². The van der Waals surface area contributed by atoms with Crippen molar-refractivity contribution in [2.24, 2.45) is 0 Å². The van der Waals surface area contributed by atoms with Crippen molar-refractivity contribution in [3.8, 4) is 5.75 Å². The molecule has 1 amide bonds. The van der Waals surface area contributed by atoms with Gasteiger partial charge in [0, 0.05) is 31.0 Å². The summed E-state index contributed by atoms with van der Waals surface area (Å²) < 4.78 is 7.50. The molecule has 35 heavy (non-hydrogen) atoms. The molecule has 1 aliphatic heterocycles. The first kappa shape index (κ1) is 24.8. The summed E-state index contributed by atoms with van der Waals surface area (Å²) in [4.78, 5) is 31.7. The average molecular weight is 514 g/mol. The van der Waals surface area contributed by atoms with Crippen LogP contribution in [0.2, 0.25) is 10.0 Å². The Morgan fingerprint density at radius 3 is 2.51 bits per heavy atom. The first-order chi connectivity index (χ1) is 16.9. The van der Waals surface area contributed by atoms with Gasteiger partial charge in [-0.3, -0.25) is 9.59 Å². The number of amides is 1. The van der Waals surface area contributed by atoms with Crippen LogP contribution in [0.1, 0.15) is 36.9 Å². The van der Waals surface area contributed by atoms with Crippen LogP contribution in [-0.2, 0) is 16.1 Å². The molecule has 2 aromatic carbocycles. The standard InChI is InChI=1S/C26H25Cl2N3O4/c1-2-14-35-19-7-4-17(5-8-19)24(32)22-23(18-6-9-20(27)21(28)15-18)31(26(34)25(22)33)12-3-11-30-13-10-29-16-30/h4-10,13,15-16,23,32H,2-3,11-12,14H2,1H3/b24-22+/t23-/m1/s1. The van der Waals surface area contributed by atoms with Crippen molar-refractivity contribution in [1.29, 1.82) is 0 Å². The number of ketones is 1. The molecule has 0 unspecified atom stereocenters. The van der Waals surface area contributed by atoms with E-state index >= 15 is 0 Å². The molecule has 9 heteroatoms. The highest BCUT2D eigenvalue weighted by Crippen LogP contribution is 2.41. The Hall–Kier alpha value is -3.29. The number of nitrogens with zero attached hydrogens (tertiary/aromatic N) is 3. The Labute approximate surface area is 213 Å². The Balaban J connectivity index is 1.70. The summed E-state index contributed by atoms with van der Waals surface area (Å²) in [6.45, 7) is 3.51. The molecule has 3 aromatic rings. The summed E-state index contributed by atoms with van der Waals surface area (Å²) in [5.74, 6) is -1.01. The highest BCUT2D eigenvalue weighted by molar-refractivity contribution is 6.46. The van der Waals surface area contributed by atoms with E-state index in [0.717, 1.165) is 6.42 Å². The van der Waals surface area contributed by atoms with E-state index in [1.165, 1.54) is 4.90 Å². The van der Waals surface area contributed by atoms with Crippen molar-refractivity contribution in [2.75, 3.05) is 13.2 Å². The van der Waals surface area contributed by atoms with Crippen LogP contribution in [0.4, 0.5) is 0 Å². The molecule has 182 valence electrons. The quantitative estimate of drug-likeness (QED) is 0.232. The van der Waals surface area contributed by atoms with E-state index < -0.39 is 17.7 Å². The van der Waals surface area contributed by atoms with Crippen LogP contribution in [0.5, 0.6) is 5.75 Å². The number of aliphatic hydroxyl groups is 1. The molecule has 1 saturated heterocycles. The molecule has 0 spiro atoms. The van der Waals surface area contributed by atoms with Gasteiger partial charge in [-0.25, -0.2) is 4.98 Å². The molecular formula is C26H25Cl2N3O4. The van der Waals surface area contributed by atoms with E-state index in [9.17, 15) is 14.7 Å². The first-order valence-corrected chi connectivity index (χ1v) is 12.1. The van der Waals surface area contributed by atoms with Gasteiger partial charge >= 0.3 is 0 Å². The van der Waals surface area contributed by atoms with E-state index in [4.69, 9.17) is 27.9 Å². The zero-order valence-electron chi connectivity index (χ0n) is 19.2. The molecule has 1 aromatic heterocycles. The lowest BCUT2D eigenvalue weighted by molar-refractivity contribution is -0.139. The third-order valence-electron chi connectivity index (χ3n) is 5.77. The van der Waals surface area contributed by atoms with Gasteiger partial charge < -0.3 is 19.3 Å². The lowest BCUT2D eigenvalue weighted by Gasteiger charge is -2.25. The fourth-order valence-electron chi connectivity index (χ4n) is 4.07. The summed E-state index contributed by atoms with van der Waals surface area (Å²) in [5.41, 5.74) is 1.01. The highest BCUT2D eigenvalue weighted by atomic mass is 35.5. The number of halogens is 2. The first-order valence-electron chi connectivity index (χ1n) is 11.3. The molecule has 0 saturated carbocycles.